The predicted octanol–water partition coefficient (Wildman–Crippen LogP) is 3.82. The maximum absolute atomic E-state index is 12.9. The average Bonchev–Trinajstić information content (AvgIpc) is 3.11. The van der Waals surface area contributed by atoms with Gasteiger partial charge in [-0.2, -0.15) is 0 Å². The van der Waals surface area contributed by atoms with Crippen molar-refractivity contribution in [3.63, 3.8) is 0 Å². The van der Waals surface area contributed by atoms with Crippen LogP contribution < -0.4 is 5.32 Å². The zero-order valence-corrected chi connectivity index (χ0v) is 35.8. The summed E-state index contributed by atoms with van der Waals surface area (Å²) < 4.78 is 43.2. The van der Waals surface area contributed by atoms with E-state index in [1.54, 1.807) is 45.1 Å². The van der Waals surface area contributed by atoms with Gasteiger partial charge in [-0.05, 0) is 85.0 Å². The van der Waals surface area contributed by atoms with Crippen LogP contribution in [0, 0.1) is 17.8 Å². The molecule has 2 saturated heterocycles. The average molecular weight is 809 g/mol. The molecule has 15 atom stereocenters. The Bertz CT molecular complexity index is 1340. The van der Waals surface area contributed by atoms with Crippen molar-refractivity contribution in [3.8, 4) is 0 Å². The fourth-order valence-electron chi connectivity index (χ4n) is 7.86. The summed E-state index contributed by atoms with van der Waals surface area (Å²) in [6.45, 7) is 17.8. The zero-order valence-electron chi connectivity index (χ0n) is 35.8. The van der Waals surface area contributed by atoms with Gasteiger partial charge < -0.3 is 58.7 Å². The molecule has 0 saturated carbocycles. The van der Waals surface area contributed by atoms with E-state index >= 15 is 0 Å². The first-order valence-corrected chi connectivity index (χ1v) is 20.5. The predicted molar refractivity (Wildman–Crippen MR) is 216 cm³/mol. The standard InChI is InChI=1S/C43H72N2O12/c1-12-21-44-22-20-31-24-27(4)32(46)17-15-13-14-16-28(5)52-34(47)19-18-33(51-11)40(31)57-42-38(49)37(45(9)10)39(29(6)54-42)56-36-25-43(8,50)41(30(7)53-36)55-35(48)23-26(2)3/h12-15,17-19,26-33,36-42,44,46,49-50H,1,16,20-25H2,2-11H3/b14-13+,17-15+,19-18-/t27-,28-,29-,30+,31+,32+,33+,36+,37-,38-,39-,40+,41+,42+,43-/m1/s1. The first kappa shape index (κ1) is 48.9. The quantitative estimate of drug-likeness (QED) is 0.113. The Hall–Kier alpha value is -2.50. The number of rotatable bonds is 14. The number of hydrogen-bond donors (Lipinski definition) is 4. The number of aliphatic hydroxyl groups is 3. The normalized spacial score (nSPS) is 40.3. The summed E-state index contributed by atoms with van der Waals surface area (Å²) in [6.07, 6.45) is 4.93. The number of nitrogens with one attached hydrogen (secondary N) is 1. The van der Waals surface area contributed by atoms with Gasteiger partial charge in [-0.25, -0.2) is 4.79 Å². The highest BCUT2D eigenvalue weighted by Crippen LogP contribution is 2.37. The number of hydrogen-bond acceptors (Lipinski definition) is 14. The van der Waals surface area contributed by atoms with Crippen LogP contribution in [0.3, 0.4) is 0 Å². The zero-order chi connectivity index (χ0) is 42.4. The van der Waals surface area contributed by atoms with Crippen molar-refractivity contribution in [2.24, 2.45) is 17.8 Å². The van der Waals surface area contributed by atoms with Crippen molar-refractivity contribution in [1.82, 2.24) is 10.2 Å². The van der Waals surface area contributed by atoms with Gasteiger partial charge in [0.25, 0.3) is 0 Å². The van der Waals surface area contributed by atoms with Crippen LogP contribution in [-0.4, -0.2) is 146 Å². The van der Waals surface area contributed by atoms with Gasteiger partial charge in [0, 0.05) is 39.0 Å². The van der Waals surface area contributed by atoms with E-state index < -0.39 is 85.0 Å². The van der Waals surface area contributed by atoms with E-state index in [1.807, 2.05) is 58.8 Å². The van der Waals surface area contributed by atoms with Gasteiger partial charge in [0.15, 0.2) is 18.7 Å². The lowest BCUT2D eigenvalue weighted by Gasteiger charge is -2.50. The molecule has 3 rings (SSSR count). The molecule has 0 spiro atoms. The van der Waals surface area contributed by atoms with Crippen LogP contribution >= 0.6 is 0 Å². The molecule has 0 aliphatic carbocycles. The molecule has 0 aromatic carbocycles. The van der Waals surface area contributed by atoms with Gasteiger partial charge in [-0.3, -0.25) is 4.79 Å². The number of carbonyl (C=O) groups excluding carboxylic acids is 2. The minimum absolute atomic E-state index is 0.0125. The molecular weight excluding hydrogens is 736 g/mol. The number of esters is 2. The topological polar surface area (TPSA) is 175 Å². The fraction of sp³-hybridized carbons (Fsp3) is 0.767. The lowest BCUT2D eigenvalue weighted by molar-refractivity contribution is -0.342. The molecule has 326 valence electrons. The van der Waals surface area contributed by atoms with Crippen LogP contribution in [0.4, 0.5) is 0 Å². The van der Waals surface area contributed by atoms with Crippen molar-refractivity contribution in [2.45, 2.75) is 160 Å². The third-order valence-corrected chi connectivity index (χ3v) is 10.9. The summed E-state index contributed by atoms with van der Waals surface area (Å²) in [5.74, 6) is -1.28. The number of cyclic esters (lactones) is 1. The van der Waals surface area contributed by atoms with Gasteiger partial charge in [0.2, 0.25) is 0 Å². The van der Waals surface area contributed by atoms with Gasteiger partial charge in [-0.1, -0.05) is 51.2 Å². The van der Waals surface area contributed by atoms with Crippen LogP contribution in [-0.2, 0) is 42.7 Å². The van der Waals surface area contributed by atoms with Crippen LogP contribution in [0.25, 0.3) is 0 Å². The first-order valence-electron chi connectivity index (χ1n) is 20.5. The molecule has 0 aromatic heterocycles. The maximum atomic E-state index is 12.9. The molecule has 2 fully saturated rings. The van der Waals surface area contributed by atoms with Gasteiger partial charge in [0.05, 0.1) is 30.5 Å². The van der Waals surface area contributed by atoms with Gasteiger partial charge in [-0.15, -0.1) is 6.58 Å². The Kier molecular flexibility index (Phi) is 20.0. The largest absolute Gasteiger partial charge is 0.459 e. The highest BCUT2D eigenvalue weighted by molar-refractivity contribution is 5.82. The molecule has 0 amide bonds. The Labute approximate surface area is 340 Å². The van der Waals surface area contributed by atoms with E-state index in [2.05, 4.69) is 11.9 Å². The van der Waals surface area contributed by atoms with Crippen molar-refractivity contribution in [2.75, 3.05) is 34.3 Å². The minimum atomic E-state index is -1.45. The summed E-state index contributed by atoms with van der Waals surface area (Å²) in [5.41, 5.74) is -1.45. The number of carbonyl (C=O) groups is 2. The second-order valence-corrected chi connectivity index (χ2v) is 16.8. The Morgan fingerprint density at radius 1 is 1.09 bits per heavy atom. The highest BCUT2D eigenvalue weighted by atomic mass is 16.7. The van der Waals surface area contributed by atoms with Crippen LogP contribution in [0.1, 0.15) is 80.6 Å². The van der Waals surface area contributed by atoms with E-state index in [-0.39, 0.29) is 36.7 Å². The molecule has 0 unspecified atom stereocenters. The van der Waals surface area contributed by atoms with Crippen LogP contribution in [0.5, 0.6) is 0 Å². The first-order chi connectivity index (χ1) is 26.9. The number of allylic oxidation sites excluding steroid dienone is 2. The molecule has 3 heterocycles. The number of nitrogens with zero attached hydrogens (tertiary/aromatic N) is 1. The second kappa shape index (κ2) is 23.3. The van der Waals surface area contributed by atoms with E-state index in [9.17, 15) is 24.9 Å². The maximum Gasteiger partial charge on any atom is 0.330 e. The number of likely N-dealkylation sites (N-methyl/N-ethyl adjacent to an activating group) is 1. The van der Waals surface area contributed by atoms with Crippen molar-refractivity contribution < 1.29 is 58.1 Å². The molecule has 14 heteroatoms. The molecule has 3 aliphatic rings. The number of aliphatic hydroxyl groups excluding tert-OH is 2. The van der Waals surface area contributed by atoms with Crippen molar-refractivity contribution in [1.29, 1.82) is 0 Å². The van der Waals surface area contributed by atoms with E-state index in [0.717, 1.165) is 0 Å². The van der Waals surface area contributed by atoms with Crippen LogP contribution in [0.2, 0.25) is 0 Å². The fourth-order valence-corrected chi connectivity index (χ4v) is 7.86. The highest BCUT2D eigenvalue weighted by Gasteiger charge is 2.52. The summed E-state index contributed by atoms with van der Waals surface area (Å²) in [6, 6.07) is -0.657. The molecule has 57 heavy (non-hydrogen) atoms. The molecule has 0 aromatic rings. The third kappa shape index (κ3) is 14.9. The Balaban J connectivity index is 1.93. The smallest absolute Gasteiger partial charge is 0.330 e. The lowest BCUT2D eigenvalue weighted by atomic mass is 9.83. The molecule has 0 bridgehead atoms. The molecule has 14 nitrogen and oxygen atoms in total. The summed E-state index contributed by atoms with van der Waals surface area (Å²) >= 11 is 0. The molecule has 4 N–H and O–H groups in total. The molecule has 3 aliphatic heterocycles. The number of methoxy groups -OCH3 is 1. The summed E-state index contributed by atoms with van der Waals surface area (Å²) in [4.78, 5) is 27.3. The van der Waals surface area contributed by atoms with E-state index in [4.69, 9.17) is 33.2 Å². The van der Waals surface area contributed by atoms with Crippen molar-refractivity contribution >= 4 is 11.9 Å². The van der Waals surface area contributed by atoms with Gasteiger partial charge in [0.1, 0.15) is 30.0 Å². The monoisotopic (exact) mass is 809 g/mol. The second-order valence-electron chi connectivity index (χ2n) is 16.8. The lowest BCUT2D eigenvalue weighted by Crippen LogP contribution is -2.65. The Morgan fingerprint density at radius 3 is 2.44 bits per heavy atom. The minimum Gasteiger partial charge on any atom is -0.459 e. The van der Waals surface area contributed by atoms with Crippen LogP contribution in [0.15, 0.2) is 49.1 Å². The van der Waals surface area contributed by atoms with Gasteiger partial charge >= 0.3 is 11.9 Å². The molecule has 0 radical (unpaired) electrons. The summed E-state index contributed by atoms with van der Waals surface area (Å²) in [5, 5.41) is 38.1. The Morgan fingerprint density at radius 2 is 1.81 bits per heavy atom. The molecular formula is C43H72N2O12. The van der Waals surface area contributed by atoms with Crippen molar-refractivity contribution in [3.05, 3.63) is 49.1 Å². The van der Waals surface area contributed by atoms with E-state index in [1.165, 1.54) is 13.2 Å². The SMILES string of the molecule is C=CCNCC[C@H]1C[C@@H](C)[C@@H](O)/C=C/C=C/C[C@@H](C)OC(=O)/C=C\[C@H](OC)[C@H]1O[C@@H]1O[C@H](C)[C@@H](O[C@H]2C[C@@](C)(O)[C@@H](OC(=O)CC(C)C)[C@H](C)O2)[C@H](N(C)C)[C@H]1O. The van der Waals surface area contributed by atoms with E-state index in [0.29, 0.717) is 32.4 Å². The summed E-state index contributed by atoms with van der Waals surface area (Å²) in [7, 11) is 5.17. The third-order valence-electron chi connectivity index (χ3n) is 10.9. The number of ether oxygens (including phenoxy) is 7.